The Bertz CT molecular complexity index is 392. The van der Waals surface area contributed by atoms with E-state index in [1.807, 2.05) is 0 Å². The third-order valence-corrected chi connectivity index (χ3v) is 1.79. The molecule has 1 rings (SSSR count). The Kier molecular flexibility index (Phi) is 4.89. The van der Waals surface area contributed by atoms with E-state index in [1.54, 1.807) is 0 Å². The fraction of sp³-hybridized carbons (Fsp3) is 0.222. The number of carbonyl (C=O) groups excluding carboxylic acids is 1. The molecule has 7 heteroatoms. The van der Waals surface area contributed by atoms with Gasteiger partial charge in [0.25, 0.3) is 0 Å². The van der Waals surface area contributed by atoms with Crippen LogP contribution in [0.15, 0.2) is 18.2 Å². The molecule has 0 spiro atoms. The van der Waals surface area contributed by atoms with E-state index in [0.29, 0.717) is 6.07 Å². The zero-order valence-electron chi connectivity index (χ0n) is 7.84. The van der Waals surface area contributed by atoms with Crippen LogP contribution >= 0.6 is 12.4 Å². The van der Waals surface area contributed by atoms with Crippen molar-refractivity contribution in [3.8, 4) is 0 Å². The van der Waals surface area contributed by atoms with Crippen molar-refractivity contribution < 1.29 is 22.4 Å². The number of benzene rings is 1. The van der Waals surface area contributed by atoms with Crippen molar-refractivity contribution in [2.24, 2.45) is 5.73 Å². The van der Waals surface area contributed by atoms with Gasteiger partial charge in [0.05, 0.1) is 17.7 Å². The van der Waals surface area contributed by atoms with E-state index in [-0.39, 0.29) is 12.4 Å². The summed E-state index contributed by atoms with van der Waals surface area (Å²) in [6, 6.07) is 2.51. The first-order chi connectivity index (χ1) is 6.88. The summed E-state index contributed by atoms with van der Waals surface area (Å²) in [5, 5.41) is 0. The number of carbonyl (C=O) groups is 1. The van der Waals surface area contributed by atoms with Crippen molar-refractivity contribution in [1.29, 1.82) is 0 Å². The first-order valence-electron chi connectivity index (χ1n) is 3.97. The highest BCUT2D eigenvalue weighted by molar-refractivity contribution is 5.97. The lowest BCUT2D eigenvalue weighted by atomic mass is 10.1. The molecular formula is C9H8ClF4NO. The zero-order chi connectivity index (χ0) is 11.6. The van der Waals surface area contributed by atoms with E-state index in [4.69, 9.17) is 5.73 Å². The summed E-state index contributed by atoms with van der Waals surface area (Å²) < 4.78 is 49.9. The molecule has 0 saturated heterocycles. The predicted molar refractivity (Wildman–Crippen MR) is 52.0 cm³/mol. The second-order valence-electron chi connectivity index (χ2n) is 2.79. The summed E-state index contributed by atoms with van der Waals surface area (Å²) in [7, 11) is 0. The fourth-order valence-corrected chi connectivity index (χ4v) is 1.08. The minimum absolute atomic E-state index is 0. The fourth-order valence-electron chi connectivity index (χ4n) is 1.08. The normalized spacial score (nSPS) is 10.8. The first kappa shape index (κ1) is 14.9. The molecule has 2 nitrogen and oxygen atoms in total. The number of nitrogens with two attached hydrogens (primary N) is 1. The predicted octanol–water partition coefficient (Wildman–Crippen LogP) is 2.41. The highest BCUT2D eigenvalue weighted by atomic mass is 35.5. The van der Waals surface area contributed by atoms with Crippen molar-refractivity contribution in [1.82, 2.24) is 0 Å². The molecule has 0 atom stereocenters. The average molecular weight is 258 g/mol. The molecule has 1 aromatic carbocycles. The highest BCUT2D eigenvalue weighted by Gasteiger charge is 2.35. The molecule has 0 aliphatic heterocycles. The SMILES string of the molecule is Cl.NCC(=O)c1cccc(C(F)(F)F)c1F. The van der Waals surface area contributed by atoms with Gasteiger partial charge in [-0.25, -0.2) is 4.39 Å². The highest BCUT2D eigenvalue weighted by Crippen LogP contribution is 2.32. The molecule has 0 radical (unpaired) electrons. The van der Waals surface area contributed by atoms with Crippen LogP contribution in [-0.2, 0) is 6.18 Å². The van der Waals surface area contributed by atoms with Gasteiger partial charge in [-0.1, -0.05) is 6.07 Å². The molecule has 90 valence electrons. The van der Waals surface area contributed by atoms with Crippen LogP contribution in [0.25, 0.3) is 0 Å². The van der Waals surface area contributed by atoms with Crippen LogP contribution in [0, 0.1) is 5.82 Å². The molecule has 1 aromatic rings. The van der Waals surface area contributed by atoms with Gasteiger partial charge in [-0.15, -0.1) is 12.4 Å². The molecule has 0 amide bonds. The number of halogens is 5. The van der Waals surface area contributed by atoms with Crippen molar-refractivity contribution in [3.05, 3.63) is 35.1 Å². The van der Waals surface area contributed by atoms with E-state index in [2.05, 4.69) is 0 Å². The standard InChI is InChI=1S/C9H7F4NO.ClH/c10-8-5(7(15)4-14)2-1-3-6(8)9(11,12)13;/h1-3H,4,14H2;1H. The number of alkyl halides is 3. The molecular weight excluding hydrogens is 250 g/mol. The molecule has 0 aromatic heterocycles. The molecule has 0 aliphatic carbocycles. The Hall–Kier alpha value is -1.14. The second kappa shape index (κ2) is 5.27. The Morgan fingerprint density at radius 3 is 2.31 bits per heavy atom. The summed E-state index contributed by atoms with van der Waals surface area (Å²) in [5.74, 6) is -2.43. The smallest absolute Gasteiger partial charge is 0.324 e. The molecule has 0 saturated carbocycles. The van der Waals surface area contributed by atoms with E-state index in [1.165, 1.54) is 0 Å². The van der Waals surface area contributed by atoms with Crippen LogP contribution in [-0.4, -0.2) is 12.3 Å². The van der Waals surface area contributed by atoms with Gasteiger partial charge in [-0.3, -0.25) is 4.79 Å². The largest absolute Gasteiger partial charge is 0.419 e. The molecule has 0 aliphatic rings. The zero-order valence-corrected chi connectivity index (χ0v) is 8.66. The maximum Gasteiger partial charge on any atom is 0.419 e. The quantitative estimate of drug-likeness (QED) is 0.653. The van der Waals surface area contributed by atoms with Crippen LogP contribution < -0.4 is 5.73 Å². The van der Waals surface area contributed by atoms with E-state index in [9.17, 15) is 22.4 Å². The van der Waals surface area contributed by atoms with Crippen molar-refractivity contribution in [2.75, 3.05) is 6.54 Å². The minimum atomic E-state index is -4.81. The molecule has 0 heterocycles. The second-order valence-corrected chi connectivity index (χ2v) is 2.79. The van der Waals surface area contributed by atoms with E-state index < -0.39 is 35.4 Å². The van der Waals surface area contributed by atoms with Crippen LogP contribution in [0.4, 0.5) is 17.6 Å². The van der Waals surface area contributed by atoms with Crippen molar-refractivity contribution in [2.45, 2.75) is 6.18 Å². The van der Waals surface area contributed by atoms with E-state index >= 15 is 0 Å². The number of hydrogen-bond acceptors (Lipinski definition) is 2. The van der Waals surface area contributed by atoms with Crippen LogP contribution in [0.3, 0.4) is 0 Å². The number of ketones is 1. The molecule has 0 fully saturated rings. The summed E-state index contributed by atoms with van der Waals surface area (Å²) in [6.45, 7) is -0.530. The third kappa shape index (κ3) is 2.93. The monoisotopic (exact) mass is 257 g/mol. The van der Waals surface area contributed by atoms with E-state index in [0.717, 1.165) is 12.1 Å². The topological polar surface area (TPSA) is 43.1 Å². The van der Waals surface area contributed by atoms with Crippen LogP contribution in [0.2, 0.25) is 0 Å². The van der Waals surface area contributed by atoms with Crippen molar-refractivity contribution in [3.63, 3.8) is 0 Å². The summed E-state index contributed by atoms with van der Waals surface area (Å²) in [5.41, 5.74) is 2.85. The molecule has 0 bridgehead atoms. The molecule has 0 unspecified atom stereocenters. The number of hydrogen-bond donors (Lipinski definition) is 1. The summed E-state index contributed by atoms with van der Waals surface area (Å²) >= 11 is 0. The Labute approximate surface area is 94.8 Å². The summed E-state index contributed by atoms with van der Waals surface area (Å²) in [4.78, 5) is 11.0. The van der Waals surface area contributed by atoms with Gasteiger partial charge in [0.1, 0.15) is 5.82 Å². The number of Topliss-reactive ketones (excluding diaryl/α,β-unsaturated/α-hetero) is 1. The Morgan fingerprint density at radius 2 is 1.88 bits per heavy atom. The van der Waals surface area contributed by atoms with Gasteiger partial charge < -0.3 is 5.73 Å². The van der Waals surface area contributed by atoms with Crippen LogP contribution in [0.5, 0.6) is 0 Å². The van der Waals surface area contributed by atoms with Gasteiger partial charge in [-0.05, 0) is 12.1 Å². The summed E-state index contributed by atoms with van der Waals surface area (Å²) in [6.07, 6.45) is -4.81. The lowest BCUT2D eigenvalue weighted by molar-refractivity contribution is -0.140. The van der Waals surface area contributed by atoms with Gasteiger partial charge in [-0.2, -0.15) is 13.2 Å². The van der Waals surface area contributed by atoms with Crippen molar-refractivity contribution >= 4 is 18.2 Å². The van der Waals surface area contributed by atoms with Gasteiger partial charge in [0.15, 0.2) is 5.78 Å². The lowest BCUT2D eigenvalue weighted by Crippen LogP contribution is -2.18. The van der Waals surface area contributed by atoms with Gasteiger partial charge in [0, 0.05) is 0 Å². The first-order valence-corrected chi connectivity index (χ1v) is 3.97. The molecule has 16 heavy (non-hydrogen) atoms. The maximum atomic E-state index is 13.2. The van der Waals surface area contributed by atoms with Crippen LogP contribution in [0.1, 0.15) is 15.9 Å². The maximum absolute atomic E-state index is 13.2. The Morgan fingerprint density at radius 1 is 1.31 bits per heavy atom. The average Bonchev–Trinajstić information content (AvgIpc) is 2.15. The Balaban J connectivity index is 0.00000225. The molecule has 2 N–H and O–H groups in total. The van der Waals surface area contributed by atoms with Gasteiger partial charge >= 0.3 is 6.18 Å². The van der Waals surface area contributed by atoms with Gasteiger partial charge in [0.2, 0.25) is 0 Å². The number of rotatable bonds is 2. The third-order valence-electron chi connectivity index (χ3n) is 1.79. The minimum Gasteiger partial charge on any atom is -0.324 e. The lowest BCUT2D eigenvalue weighted by Gasteiger charge is -2.09.